The average molecular weight is 441 g/mol. The van der Waals surface area contributed by atoms with Crippen LogP contribution in [0.4, 0.5) is 19.1 Å². The van der Waals surface area contributed by atoms with Crippen LogP contribution in [0.3, 0.4) is 0 Å². The highest BCUT2D eigenvalue weighted by Gasteiger charge is 2.38. The first kappa shape index (κ1) is 22.1. The van der Waals surface area contributed by atoms with Crippen molar-refractivity contribution in [1.29, 1.82) is 0 Å². The van der Waals surface area contributed by atoms with E-state index in [0.717, 1.165) is 44.8 Å². The minimum absolute atomic E-state index is 0.0992. The number of aromatic nitrogens is 2. The lowest BCUT2D eigenvalue weighted by Gasteiger charge is -2.33. The van der Waals surface area contributed by atoms with E-state index in [-0.39, 0.29) is 25.2 Å². The molecule has 4 rings (SSSR count). The molecule has 3 heterocycles. The van der Waals surface area contributed by atoms with Crippen LogP contribution in [0.2, 0.25) is 0 Å². The van der Waals surface area contributed by atoms with E-state index in [1.54, 1.807) is 0 Å². The van der Waals surface area contributed by atoms with E-state index < -0.39 is 23.7 Å². The van der Waals surface area contributed by atoms with Gasteiger partial charge in [0.2, 0.25) is 11.8 Å². The van der Waals surface area contributed by atoms with Gasteiger partial charge in [-0.2, -0.15) is 18.2 Å². The maximum absolute atomic E-state index is 13.3. The van der Waals surface area contributed by atoms with E-state index in [1.165, 1.54) is 18.5 Å². The number of piperidine rings is 1. The molecule has 3 aliphatic rings. The first-order chi connectivity index (χ1) is 14.9. The quantitative estimate of drug-likeness (QED) is 0.699. The van der Waals surface area contributed by atoms with Crippen LogP contribution in [0, 0.1) is 5.92 Å². The first-order valence-corrected chi connectivity index (χ1v) is 11.0. The van der Waals surface area contributed by atoms with Crippen LogP contribution in [0.1, 0.15) is 50.5 Å². The van der Waals surface area contributed by atoms with Gasteiger partial charge in [0.1, 0.15) is 11.7 Å². The molecule has 10 heteroatoms. The van der Waals surface area contributed by atoms with Crippen LogP contribution in [0.5, 0.6) is 5.88 Å². The van der Waals surface area contributed by atoms with Gasteiger partial charge in [-0.05, 0) is 44.4 Å². The Morgan fingerprint density at radius 2 is 2.10 bits per heavy atom. The third-order valence-electron chi connectivity index (χ3n) is 6.16. The standard InChI is InChI=1S/C21H30F3N5O2/c22-21(23,24)18-10-26-20(28-19(18)31-17-11-30-12-17)27-15-5-3-4-14(8-15)9-16-6-1-2-7-29(16)13-25/h9-10,14-15,17H,1-8,11-13,25H2,(H,26,27,28)/b16-9-/t14-,15+/m0/s1. The van der Waals surface area contributed by atoms with Crippen LogP contribution < -0.4 is 15.8 Å². The number of nitrogens with zero attached hydrogens (tertiary/aromatic N) is 3. The van der Waals surface area contributed by atoms with Gasteiger partial charge < -0.3 is 25.4 Å². The van der Waals surface area contributed by atoms with E-state index in [4.69, 9.17) is 15.2 Å². The fraction of sp³-hybridized carbons (Fsp3) is 0.714. The molecule has 172 valence electrons. The number of nitrogens with one attached hydrogen (secondary N) is 1. The van der Waals surface area contributed by atoms with Gasteiger partial charge in [-0.25, -0.2) is 4.98 Å². The molecule has 2 aliphatic heterocycles. The first-order valence-electron chi connectivity index (χ1n) is 11.0. The van der Waals surface area contributed by atoms with Crippen molar-refractivity contribution in [2.75, 3.05) is 31.7 Å². The zero-order valence-corrected chi connectivity index (χ0v) is 17.5. The summed E-state index contributed by atoms with van der Waals surface area (Å²) >= 11 is 0. The normalized spacial score (nSPS) is 26.6. The highest BCUT2D eigenvalue weighted by molar-refractivity contribution is 5.36. The summed E-state index contributed by atoms with van der Waals surface area (Å²) in [5.74, 6) is 0.141. The molecule has 3 fully saturated rings. The fourth-order valence-electron chi connectivity index (χ4n) is 4.43. The number of ether oxygens (including phenoxy) is 2. The second-order valence-electron chi connectivity index (χ2n) is 8.52. The number of nitrogens with two attached hydrogens (primary N) is 1. The highest BCUT2D eigenvalue weighted by atomic mass is 19.4. The molecule has 3 N–H and O–H groups in total. The van der Waals surface area contributed by atoms with Crippen LogP contribution in [0.15, 0.2) is 18.0 Å². The monoisotopic (exact) mass is 441 g/mol. The lowest BCUT2D eigenvalue weighted by Crippen LogP contribution is -2.39. The maximum atomic E-state index is 13.3. The minimum atomic E-state index is -4.57. The second-order valence-corrected chi connectivity index (χ2v) is 8.52. The molecule has 0 bridgehead atoms. The Kier molecular flexibility index (Phi) is 6.86. The Morgan fingerprint density at radius 1 is 1.26 bits per heavy atom. The predicted molar refractivity (Wildman–Crippen MR) is 109 cm³/mol. The zero-order valence-electron chi connectivity index (χ0n) is 17.5. The number of allylic oxidation sites excluding steroid dienone is 2. The number of hydrogen-bond acceptors (Lipinski definition) is 7. The summed E-state index contributed by atoms with van der Waals surface area (Å²) in [7, 11) is 0. The molecular weight excluding hydrogens is 411 g/mol. The Hall–Kier alpha value is -2.07. The molecule has 7 nitrogen and oxygen atoms in total. The molecule has 2 saturated heterocycles. The maximum Gasteiger partial charge on any atom is 0.423 e. The highest BCUT2D eigenvalue weighted by Crippen LogP contribution is 2.36. The molecule has 0 amide bonds. The Morgan fingerprint density at radius 3 is 2.81 bits per heavy atom. The number of likely N-dealkylation sites (tertiary alicyclic amines) is 1. The number of rotatable bonds is 6. The van der Waals surface area contributed by atoms with Gasteiger partial charge in [-0.15, -0.1) is 0 Å². The van der Waals surface area contributed by atoms with Crippen molar-refractivity contribution in [3.8, 4) is 5.88 Å². The van der Waals surface area contributed by atoms with Crippen molar-refractivity contribution in [3.05, 3.63) is 23.5 Å². The van der Waals surface area contributed by atoms with Gasteiger partial charge in [-0.3, -0.25) is 0 Å². The number of alkyl halides is 3. The summed E-state index contributed by atoms with van der Waals surface area (Å²) in [5.41, 5.74) is 6.25. The molecule has 31 heavy (non-hydrogen) atoms. The number of halogens is 3. The van der Waals surface area contributed by atoms with E-state index in [2.05, 4.69) is 26.3 Å². The minimum Gasteiger partial charge on any atom is -0.469 e. The summed E-state index contributed by atoms with van der Waals surface area (Å²) < 4.78 is 50.4. The summed E-state index contributed by atoms with van der Waals surface area (Å²) in [4.78, 5) is 10.2. The Bertz CT molecular complexity index is 785. The smallest absolute Gasteiger partial charge is 0.423 e. The van der Waals surface area contributed by atoms with Crippen molar-refractivity contribution in [1.82, 2.24) is 14.9 Å². The molecule has 1 aromatic heterocycles. The molecule has 1 saturated carbocycles. The Labute approximate surface area is 180 Å². The Balaban J connectivity index is 1.43. The molecule has 0 aromatic carbocycles. The average Bonchev–Trinajstić information content (AvgIpc) is 2.71. The van der Waals surface area contributed by atoms with Crippen molar-refractivity contribution in [2.24, 2.45) is 11.7 Å². The fourth-order valence-corrected chi connectivity index (χ4v) is 4.43. The van der Waals surface area contributed by atoms with Crippen LogP contribution in [-0.2, 0) is 10.9 Å². The largest absolute Gasteiger partial charge is 0.469 e. The van der Waals surface area contributed by atoms with E-state index in [9.17, 15) is 13.2 Å². The number of anilines is 1. The van der Waals surface area contributed by atoms with Crippen molar-refractivity contribution >= 4 is 5.95 Å². The summed E-state index contributed by atoms with van der Waals surface area (Å²) in [6.07, 6.45) is 5.53. The summed E-state index contributed by atoms with van der Waals surface area (Å²) in [6, 6.07) is 0.0992. The third-order valence-corrected chi connectivity index (χ3v) is 6.16. The molecule has 0 unspecified atom stereocenters. The zero-order chi connectivity index (χ0) is 21.8. The van der Waals surface area contributed by atoms with Crippen LogP contribution in [0.25, 0.3) is 0 Å². The van der Waals surface area contributed by atoms with Crippen LogP contribution >= 0.6 is 0 Å². The molecule has 2 atom stereocenters. The van der Waals surface area contributed by atoms with Gasteiger partial charge in [0.25, 0.3) is 0 Å². The van der Waals surface area contributed by atoms with Gasteiger partial charge in [0.05, 0.1) is 19.9 Å². The second kappa shape index (κ2) is 9.60. The topological polar surface area (TPSA) is 85.5 Å². The summed E-state index contributed by atoms with van der Waals surface area (Å²) in [5, 5.41) is 3.23. The molecule has 0 spiro atoms. The van der Waals surface area contributed by atoms with E-state index >= 15 is 0 Å². The van der Waals surface area contributed by atoms with Crippen molar-refractivity contribution < 1.29 is 22.6 Å². The van der Waals surface area contributed by atoms with Crippen molar-refractivity contribution in [2.45, 2.75) is 63.3 Å². The van der Waals surface area contributed by atoms with E-state index in [1.807, 2.05) is 0 Å². The lowest BCUT2D eigenvalue weighted by atomic mass is 9.84. The lowest BCUT2D eigenvalue weighted by molar-refractivity contribution is -0.142. The SMILES string of the molecule is NCN1CCCC/C1=C/[C@H]1CCC[C@@H](Nc2ncc(C(F)(F)F)c(OC3COC3)n2)C1. The number of hydrogen-bond donors (Lipinski definition) is 2. The van der Waals surface area contributed by atoms with Crippen molar-refractivity contribution in [3.63, 3.8) is 0 Å². The van der Waals surface area contributed by atoms with Crippen LogP contribution in [-0.4, -0.2) is 53.4 Å². The molecule has 1 aromatic rings. The summed E-state index contributed by atoms with van der Waals surface area (Å²) in [6.45, 7) is 2.07. The van der Waals surface area contributed by atoms with Gasteiger partial charge in [-0.1, -0.05) is 12.5 Å². The van der Waals surface area contributed by atoms with Gasteiger partial charge >= 0.3 is 6.18 Å². The molecule has 0 radical (unpaired) electrons. The van der Waals surface area contributed by atoms with E-state index in [0.29, 0.717) is 12.6 Å². The molecular formula is C21H30F3N5O2. The van der Waals surface area contributed by atoms with Gasteiger partial charge in [0.15, 0.2) is 0 Å². The third kappa shape index (κ3) is 5.60. The molecule has 1 aliphatic carbocycles. The predicted octanol–water partition coefficient (Wildman–Crippen LogP) is 3.53. The van der Waals surface area contributed by atoms with Gasteiger partial charge in [0, 0.05) is 24.5 Å².